The fourth-order valence-electron chi connectivity index (χ4n) is 4.60. The lowest BCUT2D eigenvalue weighted by molar-refractivity contribution is 0.0443. The van der Waals surface area contributed by atoms with Crippen LogP contribution in [0.4, 0.5) is 0 Å². The molecular weight excluding hydrogens is 668 g/mol. The summed E-state index contributed by atoms with van der Waals surface area (Å²) in [6.45, 7) is 1.13. The van der Waals surface area contributed by atoms with Crippen LogP contribution in [0.1, 0.15) is 43.9 Å². The average molecular weight is 697 g/mol. The van der Waals surface area contributed by atoms with Gasteiger partial charge in [-0.15, -0.1) is 0 Å². The normalized spacial score (nSPS) is 10.7. The van der Waals surface area contributed by atoms with E-state index in [9.17, 15) is 9.59 Å². The maximum Gasteiger partial charge on any atom is 0.360 e. The largest absolute Gasteiger partial charge is 0.467 e. The lowest BCUT2D eigenvalue weighted by Gasteiger charge is -2.06. The maximum atomic E-state index is 12.1. The fourth-order valence-corrected chi connectivity index (χ4v) is 4.60. The molecule has 8 heterocycles. The first-order valence-electron chi connectivity index (χ1n) is 15.0. The van der Waals surface area contributed by atoms with Crippen molar-refractivity contribution in [3.05, 3.63) is 145 Å². The van der Waals surface area contributed by atoms with Crippen molar-refractivity contribution in [3.8, 4) is 23.0 Å². The number of ether oxygens (including phenoxy) is 2. The van der Waals surface area contributed by atoms with Crippen LogP contribution in [0.2, 0.25) is 0 Å². The summed E-state index contributed by atoms with van der Waals surface area (Å²) in [6, 6.07) is 17.2. The molecule has 8 aromatic rings. The standard InChI is InChI=1S/2C17H13N3O5.H2O/c2*21-17(14-7-16(25-19-14)15-4-2-6-23-15)24-10-12-8-18-11-20(12)9-13-3-1-5-22-13;/h2*1-8,11H,9-10H2;1H2. The van der Waals surface area contributed by atoms with E-state index in [2.05, 4.69) is 20.3 Å². The van der Waals surface area contributed by atoms with Gasteiger partial charge in [0.1, 0.15) is 24.7 Å². The predicted molar refractivity (Wildman–Crippen MR) is 170 cm³/mol. The summed E-state index contributed by atoms with van der Waals surface area (Å²) in [4.78, 5) is 32.4. The molecule has 0 bridgehead atoms. The number of hydrogen-bond acceptors (Lipinski definition) is 14. The van der Waals surface area contributed by atoms with E-state index in [4.69, 9.17) is 36.2 Å². The van der Waals surface area contributed by atoms with Crippen LogP contribution in [0.5, 0.6) is 0 Å². The molecule has 8 rings (SSSR count). The highest BCUT2D eigenvalue weighted by molar-refractivity contribution is 5.88. The molecule has 0 spiro atoms. The molecule has 0 aliphatic carbocycles. The van der Waals surface area contributed by atoms with Crippen LogP contribution in [0.15, 0.2) is 137 Å². The molecule has 0 fully saturated rings. The number of nitrogens with zero attached hydrogens (tertiary/aromatic N) is 6. The van der Waals surface area contributed by atoms with Crippen molar-refractivity contribution in [2.24, 2.45) is 0 Å². The third-order valence-electron chi connectivity index (χ3n) is 7.08. The Morgan fingerprint density at radius 1 is 0.588 bits per heavy atom. The molecule has 0 aliphatic heterocycles. The molecular formula is C34H28N6O11. The summed E-state index contributed by atoms with van der Waals surface area (Å²) in [5.74, 6) is 2.08. The van der Waals surface area contributed by atoms with Crippen molar-refractivity contribution >= 4 is 11.9 Å². The van der Waals surface area contributed by atoms with Crippen molar-refractivity contribution < 1.29 is 51.3 Å². The summed E-state index contributed by atoms with van der Waals surface area (Å²) in [6.07, 6.45) is 12.8. The number of esters is 2. The lowest BCUT2D eigenvalue weighted by Crippen LogP contribution is -2.09. The molecule has 0 saturated carbocycles. The van der Waals surface area contributed by atoms with Gasteiger partial charge < -0.3 is 50.8 Å². The monoisotopic (exact) mass is 696 g/mol. The summed E-state index contributed by atoms with van der Waals surface area (Å²) in [7, 11) is 0. The fraction of sp³-hybridized carbons (Fsp3) is 0.118. The SMILES string of the molecule is O.O=C(OCc1cncn1Cc1ccco1)c1cc(-c2ccco2)on1.O=C(OCc1cncn1Cc1ccco1)c1cc(-c2ccco2)on1. The van der Waals surface area contributed by atoms with E-state index >= 15 is 0 Å². The number of carbonyl (C=O) groups excluding carboxylic acids is 2. The first-order chi connectivity index (χ1) is 24.6. The molecule has 0 unspecified atom stereocenters. The van der Waals surface area contributed by atoms with Gasteiger partial charge in [0.05, 0.1) is 74.6 Å². The van der Waals surface area contributed by atoms with Gasteiger partial charge in [-0.25, -0.2) is 19.6 Å². The number of hydrogen-bond donors (Lipinski definition) is 0. The van der Waals surface area contributed by atoms with Gasteiger partial charge in [0.25, 0.3) is 0 Å². The zero-order valence-electron chi connectivity index (χ0n) is 26.5. The van der Waals surface area contributed by atoms with Gasteiger partial charge in [-0.05, 0) is 48.5 Å². The molecule has 2 N–H and O–H groups in total. The molecule has 17 heteroatoms. The van der Waals surface area contributed by atoms with E-state index in [0.29, 0.717) is 36.1 Å². The zero-order chi connectivity index (χ0) is 34.1. The van der Waals surface area contributed by atoms with Crippen LogP contribution >= 0.6 is 0 Å². The van der Waals surface area contributed by atoms with E-state index < -0.39 is 11.9 Å². The number of furan rings is 4. The van der Waals surface area contributed by atoms with Gasteiger partial charge in [-0.1, -0.05) is 10.3 Å². The summed E-state index contributed by atoms with van der Waals surface area (Å²) >= 11 is 0. The van der Waals surface area contributed by atoms with E-state index in [-0.39, 0.29) is 30.1 Å². The molecule has 0 amide bonds. The Morgan fingerprint density at radius 3 is 1.41 bits per heavy atom. The molecule has 0 atom stereocenters. The van der Waals surface area contributed by atoms with E-state index in [1.165, 1.54) is 24.7 Å². The number of imidazole rings is 2. The van der Waals surface area contributed by atoms with Crippen LogP contribution < -0.4 is 0 Å². The second kappa shape index (κ2) is 15.8. The second-order valence-corrected chi connectivity index (χ2v) is 10.4. The molecule has 8 aromatic heterocycles. The van der Waals surface area contributed by atoms with Gasteiger partial charge in [0.15, 0.2) is 22.9 Å². The second-order valence-electron chi connectivity index (χ2n) is 10.4. The first kappa shape index (κ1) is 33.7. The van der Waals surface area contributed by atoms with Gasteiger partial charge >= 0.3 is 11.9 Å². The summed E-state index contributed by atoms with van der Waals surface area (Å²) in [5.41, 5.74) is 1.62. The molecule has 51 heavy (non-hydrogen) atoms. The smallest absolute Gasteiger partial charge is 0.360 e. The van der Waals surface area contributed by atoms with Gasteiger partial charge in [-0.3, -0.25) is 0 Å². The molecule has 260 valence electrons. The van der Waals surface area contributed by atoms with E-state index in [1.54, 1.807) is 61.8 Å². The minimum Gasteiger partial charge on any atom is -0.467 e. The average Bonchev–Trinajstić information content (AvgIpc) is 3.98. The van der Waals surface area contributed by atoms with Gasteiger partial charge in [-0.2, -0.15) is 0 Å². The predicted octanol–water partition coefficient (Wildman–Crippen LogP) is 5.43. The van der Waals surface area contributed by atoms with Crippen LogP contribution in [0.3, 0.4) is 0 Å². The minimum atomic E-state index is -0.590. The van der Waals surface area contributed by atoms with Crippen LogP contribution in [0.25, 0.3) is 23.0 Å². The van der Waals surface area contributed by atoms with Crippen molar-refractivity contribution in [3.63, 3.8) is 0 Å². The van der Waals surface area contributed by atoms with Crippen LogP contribution in [0, 0.1) is 0 Å². The van der Waals surface area contributed by atoms with Crippen molar-refractivity contribution in [1.29, 1.82) is 0 Å². The highest BCUT2D eigenvalue weighted by Crippen LogP contribution is 2.22. The third kappa shape index (κ3) is 8.30. The topological polar surface area (TPSA) is 224 Å². The lowest BCUT2D eigenvalue weighted by atomic mass is 10.3. The van der Waals surface area contributed by atoms with Crippen molar-refractivity contribution in [2.45, 2.75) is 26.3 Å². The number of aromatic nitrogens is 6. The Hall–Kier alpha value is -7.14. The highest BCUT2D eigenvalue weighted by Gasteiger charge is 2.19. The highest BCUT2D eigenvalue weighted by atomic mass is 16.5. The Bertz CT molecular complexity index is 2060. The Labute approximate surface area is 286 Å². The third-order valence-corrected chi connectivity index (χ3v) is 7.08. The Morgan fingerprint density at radius 2 is 1.02 bits per heavy atom. The zero-order valence-corrected chi connectivity index (χ0v) is 26.5. The minimum absolute atomic E-state index is 0. The van der Waals surface area contributed by atoms with Gasteiger partial charge in [0.2, 0.25) is 11.5 Å². The van der Waals surface area contributed by atoms with Crippen LogP contribution in [-0.2, 0) is 35.8 Å². The van der Waals surface area contributed by atoms with Gasteiger partial charge in [0, 0.05) is 12.1 Å². The van der Waals surface area contributed by atoms with E-state index in [1.807, 2.05) is 33.4 Å². The van der Waals surface area contributed by atoms with Crippen LogP contribution in [-0.4, -0.2) is 46.8 Å². The Kier molecular flexibility index (Phi) is 10.5. The maximum absolute atomic E-state index is 12.1. The number of carbonyl (C=O) groups is 2. The quantitative estimate of drug-likeness (QED) is 0.145. The van der Waals surface area contributed by atoms with Crippen molar-refractivity contribution in [1.82, 2.24) is 29.4 Å². The first-order valence-corrected chi connectivity index (χ1v) is 15.0. The summed E-state index contributed by atoms with van der Waals surface area (Å²) < 4.78 is 45.4. The molecule has 0 radical (unpaired) electrons. The molecule has 17 nitrogen and oxygen atoms in total. The van der Waals surface area contributed by atoms with E-state index in [0.717, 1.165) is 22.9 Å². The molecule has 0 saturated heterocycles. The van der Waals surface area contributed by atoms with Crippen molar-refractivity contribution in [2.75, 3.05) is 0 Å². The summed E-state index contributed by atoms with van der Waals surface area (Å²) in [5, 5.41) is 7.42. The molecule has 0 aliphatic rings. The Balaban J connectivity index is 0.000000172. The number of rotatable bonds is 12. The molecule has 0 aromatic carbocycles.